The Bertz CT molecular complexity index is 1010. The predicted molar refractivity (Wildman–Crippen MR) is 123 cm³/mol. The van der Waals surface area contributed by atoms with E-state index < -0.39 is 0 Å². The van der Waals surface area contributed by atoms with E-state index >= 15 is 0 Å². The maximum Gasteiger partial charge on any atom is 0.0543 e. The lowest BCUT2D eigenvalue weighted by Crippen LogP contribution is -2.53. The maximum atomic E-state index is 10.3. The Morgan fingerprint density at radius 2 is 1.87 bits per heavy atom. The van der Waals surface area contributed by atoms with Gasteiger partial charge >= 0.3 is 0 Å². The Balaban J connectivity index is 1.32. The van der Waals surface area contributed by atoms with Crippen LogP contribution in [0.2, 0.25) is 0 Å². The van der Waals surface area contributed by atoms with Gasteiger partial charge in [-0.3, -0.25) is 4.98 Å². The number of benzene rings is 1. The summed E-state index contributed by atoms with van der Waals surface area (Å²) in [5.41, 5.74) is 3.82. The third-order valence-electron chi connectivity index (χ3n) is 10.2. The topological polar surface area (TPSA) is 33.1 Å². The number of hydrogen-bond acceptors (Lipinski definition) is 2. The third-order valence-corrected chi connectivity index (χ3v) is 10.2. The van der Waals surface area contributed by atoms with Crippen LogP contribution in [0.1, 0.15) is 70.8 Å². The van der Waals surface area contributed by atoms with Crippen LogP contribution < -0.4 is 0 Å². The van der Waals surface area contributed by atoms with Gasteiger partial charge in [0.05, 0.1) is 6.10 Å². The summed E-state index contributed by atoms with van der Waals surface area (Å²) < 4.78 is 0. The van der Waals surface area contributed by atoms with Gasteiger partial charge in [-0.2, -0.15) is 0 Å². The van der Waals surface area contributed by atoms with Crippen molar-refractivity contribution in [3.63, 3.8) is 0 Å². The first kappa shape index (κ1) is 19.0. The van der Waals surface area contributed by atoms with Crippen molar-refractivity contribution in [2.45, 2.75) is 71.3 Å². The molecule has 0 amide bonds. The van der Waals surface area contributed by atoms with E-state index in [1.54, 1.807) is 5.57 Å². The first-order chi connectivity index (χ1) is 14.5. The van der Waals surface area contributed by atoms with Crippen LogP contribution in [0.5, 0.6) is 0 Å². The Kier molecular flexibility index (Phi) is 4.23. The van der Waals surface area contributed by atoms with Gasteiger partial charge in [-0.15, -0.1) is 0 Å². The monoisotopic (exact) mass is 401 g/mol. The zero-order valence-corrected chi connectivity index (χ0v) is 18.5. The van der Waals surface area contributed by atoms with E-state index in [2.05, 4.69) is 49.2 Å². The van der Waals surface area contributed by atoms with Crippen molar-refractivity contribution >= 4 is 16.3 Å². The van der Waals surface area contributed by atoms with Gasteiger partial charge in [0.15, 0.2) is 0 Å². The van der Waals surface area contributed by atoms with Crippen molar-refractivity contribution in [1.82, 2.24) is 4.98 Å². The van der Waals surface area contributed by atoms with E-state index in [1.807, 2.05) is 12.4 Å². The first-order valence-electron chi connectivity index (χ1n) is 12.2. The fourth-order valence-corrected chi connectivity index (χ4v) is 8.50. The van der Waals surface area contributed by atoms with Crippen molar-refractivity contribution in [1.29, 1.82) is 0 Å². The zero-order chi connectivity index (χ0) is 20.5. The summed E-state index contributed by atoms with van der Waals surface area (Å²) in [6.07, 6.45) is 16.4. The van der Waals surface area contributed by atoms with Crippen LogP contribution in [0.25, 0.3) is 16.3 Å². The van der Waals surface area contributed by atoms with Gasteiger partial charge in [-0.25, -0.2) is 0 Å². The maximum absolute atomic E-state index is 10.3. The lowest BCUT2D eigenvalue weighted by Gasteiger charge is -2.60. The smallest absolute Gasteiger partial charge is 0.0543 e. The molecule has 2 nitrogen and oxygen atoms in total. The number of pyridine rings is 1. The molecule has 1 heterocycles. The molecule has 1 aromatic heterocycles. The average molecular weight is 402 g/mol. The number of allylic oxidation sites excluding steroid dienone is 2. The number of aliphatic hydroxyl groups excluding tert-OH is 1. The van der Waals surface area contributed by atoms with Crippen molar-refractivity contribution in [3.8, 4) is 0 Å². The van der Waals surface area contributed by atoms with Crippen LogP contribution in [-0.2, 0) is 0 Å². The van der Waals surface area contributed by atoms with Crippen LogP contribution in [0.3, 0.4) is 0 Å². The number of fused-ring (bicyclic) bond motifs is 6. The van der Waals surface area contributed by atoms with Crippen LogP contribution in [0.15, 0.2) is 42.7 Å². The number of aromatic nitrogens is 1. The SMILES string of the molecule is C[C@]12CC[C@H](O)C[C@@H]1CC[C@@H]1[C@@H]2CC[C@]2(C)C(c3ccc4cnccc4c3)=CC[C@@H]12. The molecule has 2 heteroatoms. The zero-order valence-electron chi connectivity index (χ0n) is 18.5. The molecule has 0 bridgehead atoms. The fraction of sp³-hybridized carbons (Fsp3) is 0.607. The highest BCUT2D eigenvalue weighted by atomic mass is 16.3. The summed E-state index contributed by atoms with van der Waals surface area (Å²) in [5.74, 6) is 3.26. The van der Waals surface area contributed by atoms with Gasteiger partial charge in [0.2, 0.25) is 0 Å². The van der Waals surface area contributed by atoms with E-state index in [-0.39, 0.29) is 6.10 Å². The summed E-state index contributed by atoms with van der Waals surface area (Å²) in [5, 5.41) is 12.8. The molecule has 2 aromatic rings. The van der Waals surface area contributed by atoms with Gasteiger partial charge in [0.1, 0.15) is 0 Å². The van der Waals surface area contributed by atoms with Crippen molar-refractivity contribution in [2.75, 3.05) is 0 Å². The second kappa shape index (κ2) is 6.66. The molecule has 7 atom stereocenters. The van der Waals surface area contributed by atoms with Crippen molar-refractivity contribution in [2.24, 2.45) is 34.5 Å². The molecule has 158 valence electrons. The van der Waals surface area contributed by atoms with Gasteiger partial charge in [0.25, 0.3) is 0 Å². The molecule has 0 spiro atoms. The lowest BCUT2D eigenvalue weighted by molar-refractivity contribution is -0.115. The van der Waals surface area contributed by atoms with Gasteiger partial charge in [-0.1, -0.05) is 32.1 Å². The van der Waals surface area contributed by atoms with Crippen LogP contribution in [0.4, 0.5) is 0 Å². The highest BCUT2D eigenvalue weighted by molar-refractivity contribution is 5.86. The number of nitrogens with zero attached hydrogens (tertiary/aromatic N) is 1. The molecular formula is C28H35NO. The standard InChI is InChI=1S/C28H35NO/c1-27-12-9-22(30)16-21(27)5-6-23-25-8-7-24(28(25,2)13-10-26(23)27)19-3-4-20-17-29-14-11-18(20)15-19/h3-4,7,11,14-15,17,21-23,25-26,30H,5-6,8-10,12-13,16H2,1-2H3/t21-,22-,23-,25-,26-,27-,28+/m0/s1. The molecule has 30 heavy (non-hydrogen) atoms. The Morgan fingerprint density at radius 1 is 0.967 bits per heavy atom. The Morgan fingerprint density at radius 3 is 2.77 bits per heavy atom. The van der Waals surface area contributed by atoms with E-state index in [0.29, 0.717) is 10.8 Å². The Labute approximate surface area is 180 Å². The minimum atomic E-state index is -0.0451. The molecule has 4 aliphatic carbocycles. The normalized spacial score (nSPS) is 42.9. The molecule has 0 unspecified atom stereocenters. The fourth-order valence-electron chi connectivity index (χ4n) is 8.50. The van der Waals surface area contributed by atoms with Crippen LogP contribution in [-0.4, -0.2) is 16.2 Å². The predicted octanol–water partition coefficient (Wildman–Crippen LogP) is 6.63. The highest BCUT2D eigenvalue weighted by Gasteiger charge is 2.58. The molecule has 1 aromatic carbocycles. The van der Waals surface area contributed by atoms with Gasteiger partial charge in [-0.05, 0) is 115 Å². The number of aliphatic hydroxyl groups is 1. The molecule has 0 saturated heterocycles. The minimum Gasteiger partial charge on any atom is -0.393 e. The molecule has 3 saturated carbocycles. The summed E-state index contributed by atoms with van der Waals surface area (Å²) in [4.78, 5) is 4.28. The molecule has 3 fully saturated rings. The summed E-state index contributed by atoms with van der Waals surface area (Å²) in [6, 6.07) is 9.12. The quantitative estimate of drug-likeness (QED) is 0.581. The van der Waals surface area contributed by atoms with E-state index in [1.165, 1.54) is 54.9 Å². The van der Waals surface area contributed by atoms with E-state index in [9.17, 15) is 5.11 Å². The molecule has 1 N–H and O–H groups in total. The second-order valence-electron chi connectivity index (χ2n) is 11.3. The molecule has 4 aliphatic rings. The van der Waals surface area contributed by atoms with Crippen molar-refractivity contribution in [3.05, 3.63) is 48.3 Å². The number of hydrogen-bond donors (Lipinski definition) is 1. The largest absolute Gasteiger partial charge is 0.393 e. The highest BCUT2D eigenvalue weighted by Crippen LogP contribution is 2.67. The Hall–Kier alpha value is -1.67. The summed E-state index contributed by atoms with van der Waals surface area (Å²) >= 11 is 0. The van der Waals surface area contributed by atoms with Crippen molar-refractivity contribution < 1.29 is 5.11 Å². The van der Waals surface area contributed by atoms with E-state index in [4.69, 9.17) is 0 Å². The molecule has 0 aliphatic heterocycles. The summed E-state index contributed by atoms with van der Waals surface area (Å²) in [7, 11) is 0. The second-order valence-corrected chi connectivity index (χ2v) is 11.3. The van der Waals surface area contributed by atoms with Gasteiger partial charge in [0, 0.05) is 17.8 Å². The first-order valence-corrected chi connectivity index (χ1v) is 12.2. The summed E-state index contributed by atoms with van der Waals surface area (Å²) in [6.45, 7) is 5.16. The van der Waals surface area contributed by atoms with Crippen LogP contribution >= 0.6 is 0 Å². The molecular weight excluding hydrogens is 366 g/mol. The molecule has 6 rings (SSSR count). The average Bonchev–Trinajstić information content (AvgIpc) is 3.11. The van der Waals surface area contributed by atoms with E-state index in [0.717, 1.165) is 36.5 Å². The lowest BCUT2D eigenvalue weighted by atomic mass is 9.44. The number of rotatable bonds is 1. The third kappa shape index (κ3) is 2.62. The van der Waals surface area contributed by atoms with Crippen LogP contribution in [0, 0.1) is 34.5 Å². The minimum absolute atomic E-state index is 0.0451. The molecule has 0 radical (unpaired) electrons. The van der Waals surface area contributed by atoms with Gasteiger partial charge < -0.3 is 5.11 Å².